The predicted octanol–water partition coefficient (Wildman–Crippen LogP) is 1.58. The van der Waals surface area contributed by atoms with Gasteiger partial charge in [-0.3, -0.25) is 4.79 Å². The number of anilines is 1. The Labute approximate surface area is 109 Å². The highest BCUT2D eigenvalue weighted by Crippen LogP contribution is 2.27. The van der Waals surface area contributed by atoms with E-state index in [1.165, 1.54) is 18.0 Å². The number of amides is 1. The number of aromatic nitrogens is 3. The van der Waals surface area contributed by atoms with Crippen LogP contribution in [0.1, 0.15) is 0 Å². The zero-order chi connectivity index (χ0) is 13.0. The van der Waals surface area contributed by atoms with E-state index in [9.17, 15) is 4.79 Å². The van der Waals surface area contributed by atoms with E-state index in [-0.39, 0.29) is 12.5 Å². The zero-order valence-corrected chi connectivity index (χ0v) is 10.4. The summed E-state index contributed by atoms with van der Waals surface area (Å²) in [7, 11) is 1.52. The Bertz CT molecular complexity index is 542. The van der Waals surface area contributed by atoms with Gasteiger partial charge in [0, 0.05) is 11.2 Å². The van der Waals surface area contributed by atoms with Gasteiger partial charge in [0.1, 0.15) is 12.3 Å². The molecular weight excluding hydrogens is 256 g/mol. The molecule has 1 heterocycles. The van der Waals surface area contributed by atoms with Gasteiger partial charge in [0.25, 0.3) is 0 Å². The molecule has 1 aromatic heterocycles. The topological polar surface area (TPSA) is 69.0 Å². The van der Waals surface area contributed by atoms with Crippen LogP contribution in [0.2, 0.25) is 5.02 Å². The maximum atomic E-state index is 11.8. The molecular formula is C11H11ClN4O2. The third-order valence-electron chi connectivity index (χ3n) is 2.21. The smallest absolute Gasteiger partial charge is 0.246 e. The number of halogens is 1. The van der Waals surface area contributed by atoms with Gasteiger partial charge in [-0.2, -0.15) is 0 Å². The minimum atomic E-state index is -0.235. The molecule has 0 aliphatic heterocycles. The minimum absolute atomic E-state index is 0.0790. The van der Waals surface area contributed by atoms with E-state index in [2.05, 4.69) is 15.6 Å². The number of hydrogen-bond acceptors (Lipinski definition) is 4. The van der Waals surface area contributed by atoms with Crippen molar-refractivity contribution in [2.45, 2.75) is 6.54 Å². The number of rotatable bonds is 4. The van der Waals surface area contributed by atoms with Gasteiger partial charge < -0.3 is 10.1 Å². The summed E-state index contributed by atoms with van der Waals surface area (Å²) in [6, 6.07) is 5.00. The summed E-state index contributed by atoms with van der Waals surface area (Å²) in [5, 5.41) is 10.5. The zero-order valence-electron chi connectivity index (χ0n) is 9.63. The number of carbonyl (C=O) groups excluding carboxylic acids is 1. The van der Waals surface area contributed by atoms with Gasteiger partial charge in [0.15, 0.2) is 0 Å². The van der Waals surface area contributed by atoms with Crippen LogP contribution >= 0.6 is 11.6 Å². The van der Waals surface area contributed by atoms with Crippen molar-refractivity contribution in [1.29, 1.82) is 0 Å². The number of hydrogen-bond donors (Lipinski definition) is 1. The average molecular weight is 267 g/mol. The summed E-state index contributed by atoms with van der Waals surface area (Å²) in [6.45, 7) is 0.0790. The van der Waals surface area contributed by atoms with Gasteiger partial charge in [0.05, 0.1) is 19.0 Å². The largest absolute Gasteiger partial charge is 0.495 e. The number of nitrogens with one attached hydrogen (secondary N) is 1. The van der Waals surface area contributed by atoms with E-state index in [1.807, 2.05) is 0 Å². The summed E-state index contributed by atoms with van der Waals surface area (Å²) in [5.41, 5.74) is 0.523. The van der Waals surface area contributed by atoms with Crippen LogP contribution in [0.3, 0.4) is 0 Å². The quantitative estimate of drug-likeness (QED) is 0.912. The van der Waals surface area contributed by atoms with Crippen molar-refractivity contribution < 1.29 is 9.53 Å². The van der Waals surface area contributed by atoms with Crippen LogP contribution in [0.25, 0.3) is 0 Å². The second-order valence-electron chi connectivity index (χ2n) is 3.49. The molecule has 0 fully saturated rings. The fourth-order valence-electron chi connectivity index (χ4n) is 1.43. The summed E-state index contributed by atoms with van der Waals surface area (Å²) in [4.78, 5) is 11.8. The lowest BCUT2D eigenvalue weighted by molar-refractivity contribution is -0.116. The van der Waals surface area contributed by atoms with Crippen molar-refractivity contribution in [3.63, 3.8) is 0 Å². The third-order valence-corrected chi connectivity index (χ3v) is 2.45. The molecule has 1 aromatic carbocycles. The molecule has 0 aliphatic carbocycles. The molecule has 1 amide bonds. The van der Waals surface area contributed by atoms with Crippen LogP contribution in [-0.2, 0) is 11.3 Å². The molecule has 7 heteroatoms. The third kappa shape index (κ3) is 2.98. The molecule has 0 aliphatic rings. The Kier molecular flexibility index (Phi) is 3.78. The van der Waals surface area contributed by atoms with E-state index >= 15 is 0 Å². The summed E-state index contributed by atoms with van der Waals surface area (Å²) in [5.74, 6) is 0.312. The van der Waals surface area contributed by atoms with Gasteiger partial charge in [-0.1, -0.05) is 16.8 Å². The first-order chi connectivity index (χ1) is 8.69. The molecule has 2 aromatic rings. The number of benzene rings is 1. The lowest BCUT2D eigenvalue weighted by Crippen LogP contribution is -2.19. The van der Waals surface area contributed by atoms with Crippen molar-refractivity contribution in [3.05, 3.63) is 35.6 Å². The fourth-order valence-corrected chi connectivity index (χ4v) is 1.60. The minimum Gasteiger partial charge on any atom is -0.495 e. The fraction of sp³-hybridized carbons (Fsp3) is 0.182. The van der Waals surface area contributed by atoms with Gasteiger partial charge in [0.2, 0.25) is 5.91 Å². The molecule has 94 valence electrons. The molecule has 6 nitrogen and oxygen atoms in total. The molecule has 0 atom stereocenters. The van der Waals surface area contributed by atoms with Gasteiger partial charge in [-0.15, -0.1) is 5.10 Å². The van der Waals surface area contributed by atoms with Gasteiger partial charge in [-0.05, 0) is 18.2 Å². The molecule has 0 radical (unpaired) electrons. The number of methoxy groups -OCH3 is 1. The van der Waals surface area contributed by atoms with Crippen molar-refractivity contribution in [3.8, 4) is 5.75 Å². The Morgan fingerprint density at radius 3 is 3.06 bits per heavy atom. The second kappa shape index (κ2) is 5.50. The van der Waals surface area contributed by atoms with Gasteiger partial charge in [-0.25, -0.2) is 4.68 Å². The first kappa shape index (κ1) is 12.4. The highest BCUT2D eigenvalue weighted by atomic mass is 35.5. The molecule has 0 saturated heterocycles. The van der Waals surface area contributed by atoms with E-state index in [0.717, 1.165) is 0 Å². The van der Waals surface area contributed by atoms with Crippen LogP contribution in [-0.4, -0.2) is 28.0 Å². The maximum Gasteiger partial charge on any atom is 0.246 e. The SMILES string of the molecule is COc1ccc(Cl)cc1NC(=O)Cn1ccnn1. The van der Waals surface area contributed by atoms with Crippen molar-refractivity contribution in [2.24, 2.45) is 0 Å². The van der Waals surface area contributed by atoms with Crippen LogP contribution in [0.5, 0.6) is 5.75 Å². The normalized spacial score (nSPS) is 10.1. The Hall–Kier alpha value is -2.08. The van der Waals surface area contributed by atoms with Crippen molar-refractivity contribution in [1.82, 2.24) is 15.0 Å². The maximum absolute atomic E-state index is 11.8. The summed E-state index contributed by atoms with van der Waals surface area (Å²) < 4.78 is 6.55. The molecule has 1 N–H and O–H groups in total. The van der Waals surface area contributed by atoms with Crippen LogP contribution in [0, 0.1) is 0 Å². The Balaban J connectivity index is 2.08. The lowest BCUT2D eigenvalue weighted by atomic mass is 10.3. The predicted molar refractivity (Wildman–Crippen MR) is 66.7 cm³/mol. The molecule has 2 rings (SSSR count). The number of nitrogens with zero attached hydrogens (tertiary/aromatic N) is 3. The second-order valence-corrected chi connectivity index (χ2v) is 3.93. The average Bonchev–Trinajstić information content (AvgIpc) is 2.82. The van der Waals surface area contributed by atoms with Crippen LogP contribution in [0.15, 0.2) is 30.6 Å². The van der Waals surface area contributed by atoms with E-state index in [1.54, 1.807) is 24.4 Å². The van der Waals surface area contributed by atoms with Crippen molar-refractivity contribution >= 4 is 23.2 Å². The highest BCUT2D eigenvalue weighted by Gasteiger charge is 2.09. The lowest BCUT2D eigenvalue weighted by Gasteiger charge is -2.10. The highest BCUT2D eigenvalue weighted by molar-refractivity contribution is 6.31. The van der Waals surface area contributed by atoms with E-state index < -0.39 is 0 Å². The number of carbonyl (C=O) groups is 1. The molecule has 0 saturated carbocycles. The molecule has 0 spiro atoms. The van der Waals surface area contributed by atoms with E-state index in [0.29, 0.717) is 16.5 Å². The van der Waals surface area contributed by atoms with E-state index in [4.69, 9.17) is 16.3 Å². The molecule has 0 unspecified atom stereocenters. The van der Waals surface area contributed by atoms with Crippen LogP contribution < -0.4 is 10.1 Å². The van der Waals surface area contributed by atoms with Gasteiger partial charge >= 0.3 is 0 Å². The Morgan fingerprint density at radius 2 is 2.39 bits per heavy atom. The molecule has 0 bridgehead atoms. The first-order valence-corrected chi connectivity index (χ1v) is 5.54. The standard InChI is InChI=1S/C11H11ClN4O2/c1-18-10-3-2-8(12)6-9(10)14-11(17)7-16-5-4-13-15-16/h2-6H,7H2,1H3,(H,14,17). The summed E-state index contributed by atoms with van der Waals surface area (Å²) in [6.07, 6.45) is 3.11. The summed E-state index contributed by atoms with van der Waals surface area (Å²) >= 11 is 5.87. The number of ether oxygens (including phenoxy) is 1. The first-order valence-electron chi connectivity index (χ1n) is 5.16. The Morgan fingerprint density at radius 1 is 1.56 bits per heavy atom. The van der Waals surface area contributed by atoms with Crippen molar-refractivity contribution in [2.75, 3.05) is 12.4 Å². The molecule has 18 heavy (non-hydrogen) atoms. The van der Waals surface area contributed by atoms with Crippen LogP contribution in [0.4, 0.5) is 5.69 Å². The monoisotopic (exact) mass is 266 g/mol.